The highest BCUT2D eigenvalue weighted by atomic mass is 31.2. The van der Waals surface area contributed by atoms with Gasteiger partial charge in [0.25, 0.3) is 5.91 Å². The zero-order valence-corrected chi connectivity index (χ0v) is 17.7. The predicted molar refractivity (Wildman–Crippen MR) is 115 cm³/mol. The van der Waals surface area contributed by atoms with Crippen LogP contribution in [0.1, 0.15) is 18.4 Å². The van der Waals surface area contributed by atoms with Gasteiger partial charge in [0, 0.05) is 43.7 Å². The average molecular weight is 425 g/mol. The van der Waals surface area contributed by atoms with Crippen LogP contribution in [0.15, 0.2) is 64.0 Å². The summed E-state index contributed by atoms with van der Waals surface area (Å²) in [5.74, 6) is -0.233. The molecule has 1 atom stereocenters. The molecule has 5 nitrogen and oxygen atoms in total. The Balaban J connectivity index is 1.37. The molecule has 0 aromatic heterocycles. The molecule has 1 unspecified atom stereocenters. The summed E-state index contributed by atoms with van der Waals surface area (Å²) in [4.78, 5) is 14.4. The van der Waals surface area contributed by atoms with E-state index in [0.717, 1.165) is 36.7 Å². The number of amides is 1. The van der Waals surface area contributed by atoms with E-state index in [4.69, 9.17) is 0 Å². The van der Waals surface area contributed by atoms with Crippen molar-refractivity contribution >= 4 is 18.4 Å². The van der Waals surface area contributed by atoms with Crippen LogP contribution in [0.2, 0.25) is 0 Å². The maximum Gasteiger partial charge on any atom is 0.275 e. The molecule has 0 spiro atoms. The van der Waals surface area contributed by atoms with Gasteiger partial charge in [0.05, 0.1) is 11.6 Å². The van der Waals surface area contributed by atoms with Crippen LogP contribution in [-0.2, 0) is 15.8 Å². The van der Waals surface area contributed by atoms with Gasteiger partial charge in [-0.25, -0.2) is 4.39 Å². The molecule has 5 rings (SSSR count). The molecule has 30 heavy (non-hydrogen) atoms. The quantitative estimate of drug-likeness (QED) is 0.668. The van der Waals surface area contributed by atoms with Gasteiger partial charge in [-0.05, 0) is 42.0 Å². The smallest absolute Gasteiger partial charge is 0.275 e. The van der Waals surface area contributed by atoms with E-state index in [1.807, 2.05) is 24.3 Å². The normalized spacial score (nSPS) is 25.6. The molecule has 2 aliphatic carbocycles. The van der Waals surface area contributed by atoms with Gasteiger partial charge in [0.2, 0.25) is 0 Å². The zero-order chi connectivity index (χ0) is 20.7. The third-order valence-electron chi connectivity index (χ3n) is 6.48. The number of carbonyl (C=O) groups excluding carboxylic acids is 1. The topological polar surface area (TPSA) is 62.1 Å². The average Bonchev–Trinajstić information content (AvgIpc) is 3.57. The summed E-state index contributed by atoms with van der Waals surface area (Å²) in [7, 11) is -2.75. The number of hydrogen-bond acceptors (Lipinski definition) is 4. The number of rotatable bonds is 5. The zero-order valence-electron chi connectivity index (χ0n) is 16.8. The molecule has 1 saturated heterocycles. The largest absolute Gasteiger partial charge is 0.318 e. The maximum atomic E-state index is 14.7. The molecular formula is C23H25FN3O2P. The third kappa shape index (κ3) is 3.91. The van der Waals surface area contributed by atoms with E-state index in [9.17, 15) is 13.8 Å². The molecule has 2 heterocycles. The minimum atomic E-state index is -2.75. The Kier molecular flexibility index (Phi) is 5.16. The van der Waals surface area contributed by atoms with Gasteiger partial charge >= 0.3 is 0 Å². The Labute approximate surface area is 175 Å². The highest BCUT2D eigenvalue weighted by Crippen LogP contribution is 2.47. The van der Waals surface area contributed by atoms with E-state index in [2.05, 4.69) is 15.1 Å². The summed E-state index contributed by atoms with van der Waals surface area (Å²) >= 11 is 0. The minimum Gasteiger partial charge on any atom is -0.318 e. The fraction of sp³-hybridized carbons (Fsp3) is 0.435. The second-order valence-corrected chi connectivity index (χ2v) is 11.9. The molecule has 2 aliphatic heterocycles. The lowest BCUT2D eigenvalue weighted by molar-refractivity contribution is -0.120. The highest BCUT2D eigenvalue weighted by Gasteiger charge is 2.35. The molecule has 7 heteroatoms. The van der Waals surface area contributed by atoms with Crippen LogP contribution in [0.25, 0.3) is 0 Å². The van der Waals surface area contributed by atoms with Crippen LogP contribution >= 0.6 is 7.14 Å². The number of carbonyl (C=O) groups is 1. The Morgan fingerprint density at radius 2 is 1.93 bits per heavy atom. The SMILES string of the molecule is O=C1N=NC(Cc2ccc(F)c(P3(=O)CCN(CC4CC4)CC3)c2)=C2C=CC=CC12. The van der Waals surface area contributed by atoms with Crippen LogP contribution in [0.4, 0.5) is 4.39 Å². The van der Waals surface area contributed by atoms with E-state index in [0.29, 0.717) is 29.7 Å². The molecule has 156 valence electrons. The lowest BCUT2D eigenvalue weighted by Gasteiger charge is -2.32. The van der Waals surface area contributed by atoms with Gasteiger partial charge in [0.1, 0.15) is 13.0 Å². The van der Waals surface area contributed by atoms with Crippen molar-refractivity contribution in [2.24, 2.45) is 22.1 Å². The fourth-order valence-electron chi connectivity index (χ4n) is 4.49. The summed E-state index contributed by atoms with van der Waals surface area (Å²) in [6.45, 7) is 2.65. The summed E-state index contributed by atoms with van der Waals surface area (Å²) in [5, 5.41) is 8.27. The number of hydrogen-bond donors (Lipinski definition) is 0. The van der Waals surface area contributed by atoms with Crippen LogP contribution in [0, 0.1) is 17.7 Å². The van der Waals surface area contributed by atoms with Gasteiger partial charge in [-0.15, -0.1) is 5.11 Å². The van der Waals surface area contributed by atoms with Crippen molar-refractivity contribution in [2.45, 2.75) is 19.3 Å². The van der Waals surface area contributed by atoms with Crippen molar-refractivity contribution in [3.63, 3.8) is 0 Å². The van der Waals surface area contributed by atoms with Gasteiger partial charge < -0.3 is 9.46 Å². The standard InChI is InChI=1S/C23H25FN3O2P/c24-20-8-7-17(13-21-18-3-1-2-4-19(18)23(28)26-25-21)14-22(20)30(29)11-9-27(10-12-30)15-16-5-6-16/h1-4,7-8,14,16,19H,5-6,9-13,15H2. The van der Waals surface area contributed by atoms with Crippen molar-refractivity contribution in [3.8, 4) is 0 Å². The van der Waals surface area contributed by atoms with E-state index in [-0.39, 0.29) is 11.7 Å². The molecule has 1 aromatic carbocycles. The third-order valence-corrected chi connectivity index (χ3v) is 9.55. The molecule has 0 bridgehead atoms. The van der Waals surface area contributed by atoms with E-state index in [1.54, 1.807) is 12.1 Å². The number of benzene rings is 1. The number of halogens is 1. The lowest BCUT2D eigenvalue weighted by Crippen LogP contribution is -2.38. The molecule has 4 aliphatic rings. The first-order valence-electron chi connectivity index (χ1n) is 10.6. The summed E-state index contributed by atoms with van der Waals surface area (Å²) in [5.41, 5.74) is 2.39. The van der Waals surface area contributed by atoms with Crippen LogP contribution in [-0.4, -0.2) is 42.8 Å². The molecule has 0 N–H and O–H groups in total. The predicted octanol–water partition coefficient (Wildman–Crippen LogP) is 4.07. The van der Waals surface area contributed by atoms with E-state index < -0.39 is 13.1 Å². The van der Waals surface area contributed by atoms with Crippen molar-refractivity contribution in [1.29, 1.82) is 0 Å². The Morgan fingerprint density at radius 3 is 2.70 bits per heavy atom. The van der Waals surface area contributed by atoms with Gasteiger partial charge in [-0.2, -0.15) is 5.11 Å². The van der Waals surface area contributed by atoms with Crippen molar-refractivity contribution < 1.29 is 13.8 Å². The number of azo groups is 1. The minimum absolute atomic E-state index is 0.267. The first-order valence-corrected chi connectivity index (χ1v) is 12.7. The Morgan fingerprint density at radius 1 is 1.13 bits per heavy atom. The highest BCUT2D eigenvalue weighted by molar-refractivity contribution is 7.71. The van der Waals surface area contributed by atoms with Gasteiger partial charge in [0.15, 0.2) is 0 Å². The number of nitrogens with zero attached hydrogens (tertiary/aromatic N) is 3. The molecule has 2 fully saturated rings. The first-order chi connectivity index (χ1) is 14.5. The van der Waals surface area contributed by atoms with Gasteiger partial charge in [-0.3, -0.25) is 4.79 Å². The van der Waals surface area contributed by atoms with Crippen LogP contribution in [0.3, 0.4) is 0 Å². The van der Waals surface area contributed by atoms with Crippen molar-refractivity contribution in [3.05, 3.63) is 65.2 Å². The summed E-state index contributed by atoms with van der Waals surface area (Å²) < 4.78 is 28.3. The van der Waals surface area contributed by atoms with E-state index in [1.165, 1.54) is 18.9 Å². The molecule has 1 amide bonds. The maximum absolute atomic E-state index is 14.7. The first kappa shape index (κ1) is 19.8. The Hall–Kier alpha value is -2.17. The molecule has 1 aromatic rings. The molecular weight excluding hydrogens is 400 g/mol. The Bertz CT molecular complexity index is 1040. The molecule has 1 saturated carbocycles. The van der Waals surface area contributed by atoms with Crippen LogP contribution < -0.4 is 5.30 Å². The van der Waals surface area contributed by atoms with Crippen molar-refractivity contribution in [2.75, 3.05) is 32.0 Å². The van der Waals surface area contributed by atoms with Crippen molar-refractivity contribution in [1.82, 2.24) is 4.90 Å². The summed E-state index contributed by atoms with van der Waals surface area (Å²) in [6.07, 6.45) is 11.5. The lowest BCUT2D eigenvalue weighted by atomic mass is 9.89. The number of allylic oxidation sites excluding steroid dienone is 4. The second kappa shape index (κ2) is 7.82. The van der Waals surface area contributed by atoms with E-state index >= 15 is 0 Å². The van der Waals surface area contributed by atoms with Crippen LogP contribution in [0.5, 0.6) is 0 Å². The molecule has 0 radical (unpaired) electrons. The fourth-order valence-corrected chi connectivity index (χ4v) is 7.27. The second-order valence-electron chi connectivity index (χ2n) is 8.71. The summed E-state index contributed by atoms with van der Waals surface area (Å²) in [6, 6.07) is 4.89. The number of fused-ring (bicyclic) bond motifs is 1. The monoisotopic (exact) mass is 425 g/mol. The van der Waals surface area contributed by atoms with Gasteiger partial charge in [-0.1, -0.05) is 30.4 Å².